The van der Waals surface area contributed by atoms with E-state index in [-0.39, 0.29) is 0 Å². The number of rotatable bonds is 2. The van der Waals surface area contributed by atoms with Crippen molar-refractivity contribution in [2.24, 2.45) is 0 Å². The summed E-state index contributed by atoms with van der Waals surface area (Å²) >= 11 is 7.34. The number of aromatic nitrogens is 1. The lowest BCUT2D eigenvalue weighted by Gasteiger charge is -2.37. The van der Waals surface area contributed by atoms with Crippen molar-refractivity contribution in [3.63, 3.8) is 0 Å². The van der Waals surface area contributed by atoms with Crippen molar-refractivity contribution in [1.29, 1.82) is 0 Å². The van der Waals surface area contributed by atoms with Gasteiger partial charge in [0.1, 0.15) is 0 Å². The number of thiocarbonyl (C=S) groups is 1. The van der Waals surface area contributed by atoms with Crippen LogP contribution in [0.2, 0.25) is 0 Å². The van der Waals surface area contributed by atoms with E-state index in [1.54, 1.807) is 11.3 Å². The number of aryl methyl sites for hydroxylation is 1. The van der Waals surface area contributed by atoms with Crippen molar-refractivity contribution in [3.8, 4) is 0 Å². The average molecular weight is 369 g/mol. The SMILES string of the molecule is Cc1nc2ccc(NC(=S)N3CCN(c4ccccc4)CC3)cc2s1. The Labute approximate surface area is 157 Å². The van der Waals surface area contributed by atoms with E-state index < -0.39 is 0 Å². The summed E-state index contributed by atoms with van der Waals surface area (Å²) < 4.78 is 1.19. The second-order valence-electron chi connectivity index (χ2n) is 6.16. The second kappa shape index (κ2) is 6.98. The number of hydrogen-bond acceptors (Lipinski definition) is 4. The highest BCUT2D eigenvalue weighted by atomic mass is 32.1. The maximum atomic E-state index is 5.62. The average Bonchev–Trinajstić information content (AvgIpc) is 3.02. The van der Waals surface area contributed by atoms with Gasteiger partial charge in [-0.15, -0.1) is 11.3 Å². The Morgan fingerprint density at radius 3 is 2.60 bits per heavy atom. The molecule has 1 aromatic heterocycles. The third-order valence-corrected chi connectivity index (χ3v) is 5.73. The molecule has 25 heavy (non-hydrogen) atoms. The molecule has 0 radical (unpaired) electrons. The minimum Gasteiger partial charge on any atom is -0.368 e. The standard InChI is InChI=1S/C19H20N4S2/c1-14-20-17-8-7-15(13-18(17)25-14)21-19(24)23-11-9-22(10-12-23)16-5-3-2-4-6-16/h2-8,13H,9-12H2,1H3,(H,21,24). The van der Waals surface area contributed by atoms with Crippen LogP contribution in [0.5, 0.6) is 0 Å². The highest BCUT2D eigenvalue weighted by Crippen LogP contribution is 2.25. The molecule has 1 aliphatic rings. The number of nitrogens with one attached hydrogen (secondary N) is 1. The first kappa shape index (κ1) is 16.3. The number of hydrogen-bond donors (Lipinski definition) is 1. The normalized spacial score (nSPS) is 14.8. The summed E-state index contributed by atoms with van der Waals surface area (Å²) in [5.41, 5.74) is 3.37. The Morgan fingerprint density at radius 2 is 1.84 bits per heavy atom. The van der Waals surface area contributed by atoms with Crippen LogP contribution in [0.1, 0.15) is 5.01 Å². The first-order valence-electron chi connectivity index (χ1n) is 8.42. The number of para-hydroxylation sites is 1. The van der Waals surface area contributed by atoms with Crippen LogP contribution >= 0.6 is 23.6 Å². The van der Waals surface area contributed by atoms with E-state index in [2.05, 4.69) is 62.6 Å². The maximum Gasteiger partial charge on any atom is 0.173 e. The molecular formula is C19H20N4S2. The fourth-order valence-corrected chi connectivity index (χ4v) is 4.29. The van der Waals surface area contributed by atoms with Crippen LogP contribution in [0.25, 0.3) is 10.2 Å². The maximum absolute atomic E-state index is 5.62. The zero-order valence-electron chi connectivity index (χ0n) is 14.1. The van der Waals surface area contributed by atoms with Gasteiger partial charge in [-0.3, -0.25) is 0 Å². The molecule has 1 fully saturated rings. The Balaban J connectivity index is 1.38. The van der Waals surface area contributed by atoms with E-state index in [4.69, 9.17) is 12.2 Å². The number of thiazole rings is 1. The number of benzene rings is 2. The summed E-state index contributed by atoms with van der Waals surface area (Å²) in [6, 6.07) is 16.8. The van der Waals surface area contributed by atoms with Gasteiger partial charge >= 0.3 is 0 Å². The smallest absolute Gasteiger partial charge is 0.173 e. The Bertz CT molecular complexity index is 883. The molecule has 3 aromatic rings. The minimum atomic E-state index is 0.799. The van der Waals surface area contributed by atoms with E-state index in [0.29, 0.717) is 0 Å². The van der Waals surface area contributed by atoms with Gasteiger partial charge < -0.3 is 15.1 Å². The Morgan fingerprint density at radius 1 is 1.08 bits per heavy atom. The van der Waals surface area contributed by atoms with E-state index in [1.807, 2.05) is 13.0 Å². The monoisotopic (exact) mass is 368 g/mol. The summed E-state index contributed by atoms with van der Waals surface area (Å²) in [6.45, 7) is 5.87. The highest BCUT2D eigenvalue weighted by Gasteiger charge is 2.19. The summed E-state index contributed by atoms with van der Waals surface area (Å²) in [5.74, 6) is 0. The summed E-state index contributed by atoms with van der Waals surface area (Å²) in [6.07, 6.45) is 0. The quantitative estimate of drug-likeness (QED) is 0.688. The predicted octanol–water partition coefficient (Wildman–Crippen LogP) is 4.12. The molecule has 2 aromatic carbocycles. The van der Waals surface area contributed by atoms with Crippen LogP contribution in [0.4, 0.5) is 11.4 Å². The molecule has 0 atom stereocenters. The minimum absolute atomic E-state index is 0.799. The van der Waals surface area contributed by atoms with E-state index in [1.165, 1.54) is 10.4 Å². The van der Waals surface area contributed by atoms with Crippen LogP contribution in [0.15, 0.2) is 48.5 Å². The third kappa shape index (κ3) is 3.60. The van der Waals surface area contributed by atoms with Gasteiger partial charge in [-0.1, -0.05) is 18.2 Å². The topological polar surface area (TPSA) is 31.4 Å². The van der Waals surface area contributed by atoms with Crippen LogP contribution in [0.3, 0.4) is 0 Å². The number of anilines is 2. The van der Waals surface area contributed by atoms with Crippen LogP contribution in [0, 0.1) is 6.92 Å². The first-order valence-corrected chi connectivity index (χ1v) is 9.65. The van der Waals surface area contributed by atoms with E-state index >= 15 is 0 Å². The van der Waals surface area contributed by atoms with Gasteiger partial charge in [0.25, 0.3) is 0 Å². The largest absolute Gasteiger partial charge is 0.368 e. The van der Waals surface area contributed by atoms with Crippen molar-refractivity contribution >= 4 is 50.3 Å². The van der Waals surface area contributed by atoms with Gasteiger partial charge in [-0.05, 0) is 49.5 Å². The van der Waals surface area contributed by atoms with Crippen molar-refractivity contribution < 1.29 is 0 Å². The van der Waals surface area contributed by atoms with Crippen molar-refractivity contribution in [3.05, 3.63) is 53.5 Å². The van der Waals surface area contributed by atoms with Gasteiger partial charge in [0.2, 0.25) is 0 Å². The van der Waals surface area contributed by atoms with E-state index in [9.17, 15) is 0 Å². The Kier molecular flexibility index (Phi) is 4.55. The molecule has 1 aliphatic heterocycles. The highest BCUT2D eigenvalue weighted by molar-refractivity contribution is 7.80. The van der Waals surface area contributed by atoms with Crippen molar-refractivity contribution in [1.82, 2.24) is 9.88 Å². The lowest BCUT2D eigenvalue weighted by atomic mass is 10.2. The molecule has 0 aliphatic carbocycles. The Hall–Kier alpha value is -2.18. The second-order valence-corrected chi connectivity index (χ2v) is 7.78. The molecule has 128 valence electrons. The molecule has 0 saturated carbocycles. The summed E-state index contributed by atoms with van der Waals surface area (Å²) in [7, 11) is 0. The number of piperazine rings is 1. The third-order valence-electron chi connectivity index (χ3n) is 4.43. The van der Waals surface area contributed by atoms with E-state index in [0.717, 1.165) is 47.5 Å². The van der Waals surface area contributed by atoms with Crippen LogP contribution in [-0.4, -0.2) is 41.2 Å². The van der Waals surface area contributed by atoms with Crippen LogP contribution < -0.4 is 10.2 Å². The van der Waals surface area contributed by atoms with Gasteiger partial charge in [0, 0.05) is 37.6 Å². The summed E-state index contributed by atoms with van der Waals surface area (Å²) in [5, 5.41) is 5.27. The van der Waals surface area contributed by atoms with Gasteiger partial charge in [0.05, 0.1) is 15.2 Å². The number of nitrogens with zero attached hydrogens (tertiary/aromatic N) is 3. The fourth-order valence-electron chi connectivity index (χ4n) is 3.13. The molecule has 4 rings (SSSR count). The van der Waals surface area contributed by atoms with Gasteiger partial charge in [0.15, 0.2) is 5.11 Å². The van der Waals surface area contributed by atoms with Crippen molar-refractivity contribution in [2.75, 3.05) is 36.4 Å². The molecule has 0 bridgehead atoms. The van der Waals surface area contributed by atoms with Gasteiger partial charge in [-0.2, -0.15) is 0 Å². The number of fused-ring (bicyclic) bond motifs is 1. The molecule has 0 spiro atoms. The molecule has 0 unspecified atom stereocenters. The zero-order chi connectivity index (χ0) is 17.2. The molecule has 6 heteroatoms. The van der Waals surface area contributed by atoms with Gasteiger partial charge in [-0.25, -0.2) is 4.98 Å². The molecule has 1 N–H and O–H groups in total. The lowest BCUT2D eigenvalue weighted by molar-refractivity contribution is 0.391. The van der Waals surface area contributed by atoms with Crippen molar-refractivity contribution in [2.45, 2.75) is 6.92 Å². The molecule has 4 nitrogen and oxygen atoms in total. The molecule has 1 saturated heterocycles. The fraction of sp³-hybridized carbons (Fsp3) is 0.263. The zero-order valence-corrected chi connectivity index (χ0v) is 15.7. The first-order chi connectivity index (χ1) is 12.2. The summed E-state index contributed by atoms with van der Waals surface area (Å²) in [4.78, 5) is 9.16. The predicted molar refractivity (Wildman–Crippen MR) is 111 cm³/mol. The molecule has 2 heterocycles. The lowest BCUT2D eigenvalue weighted by Crippen LogP contribution is -2.50. The molecule has 0 amide bonds. The molecular weight excluding hydrogens is 348 g/mol. The van der Waals surface area contributed by atoms with Crippen LogP contribution in [-0.2, 0) is 0 Å².